The Hall–Kier alpha value is -0.873. The lowest BCUT2D eigenvalue weighted by Crippen LogP contribution is -2.72. The molecule has 0 aromatic rings. The molecule has 0 aliphatic rings. The number of unbranched alkanes of at least 4 members (excludes halogenated alkanes) is 3. The van der Waals surface area contributed by atoms with Crippen molar-refractivity contribution in [3.05, 3.63) is 0 Å². The first-order valence-electron chi connectivity index (χ1n) is 10.4. The van der Waals surface area contributed by atoms with Gasteiger partial charge >= 0.3 is 41.7 Å². The second-order valence-corrected chi connectivity index (χ2v) is 14.7. The minimum atomic E-state index is -8.23. The van der Waals surface area contributed by atoms with Crippen LogP contribution in [0.1, 0.15) is 52.9 Å². The fourth-order valence-corrected chi connectivity index (χ4v) is 3.59. The van der Waals surface area contributed by atoms with Crippen molar-refractivity contribution in [2.75, 3.05) is 6.61 Å². The van der Waals surface area contributed by atoms with Crippen molar-refractivity contribution in [3.8, 4) is 0 Å². The summed E-state index contributed by atoms with van der Waals surface area (Å²) in [4.78, 5) is 0. The summed E-state index contributed by atoms with van der Waals surface area (Å²) in [6.45, 7) is 9.66. The van der Waals surface area contributed by atoms with Gasteiger partial charge in [-0.2, -0.15) is 65.9 Å². The average molecular weight is 584 g/mol. The van der Waals surface area contributed by atoms with Gasteiger partial charge in [0.1, 0.15) is 0 Å². The van der Waals surface area contributed by atoms with Crippen molar-refractivity contribution in [2.24, 2.45) is 0 Å². The van der Waals surface area contributed by atoms with Gasteiger partial charge in [-0.05, 0) is 31.0 Å². The van der Waals surface area contributed by atoms with Gasteiger partial charge in [-0.25, -0.2) is 0 Å². The standard InChI is InChI=1S/C19H27F15OSi/c1-12(2,3)36(4,5)35-11-9-7-6-8-10-13(20,21)14(22,23)15(24,25)16(26,27)17(28,29)18(30,31)19(32,33)34/h6-11H2,1-5H3. The molecule has 0 aromatic carbocycles. The van der Waals surface area contributed by atoms with Crippen LogP contribution in [0.15, 0.2) is 0 Å². The monoisotopic (exact) mass is 584 g/mol. The van der Waals surface area contributed by atoms with Crippen LogP contribution in [-0.2, 0) is 4.43 Å². The summed E-state index contributed by atoms with van der Waals surface area (Å²) >= 11 is 0. The van der Waals surface area contributed by atoms with E-state index < -0.39 is 62.9 Å². The lowest BCUT2D eigenvalue weighted by atomic mass is 9.89. The molecular weight excluding hydrogens is 557 g/mol. The molecule has 0 N–H and O–H groups in total. The van der Waals surface area contributed by atoms with Gasteiger partial charge in [0.15, 0.2) is 8.32 Å². The number of halogens is 15. The van der Waals surface area contributed by atoms with E-state index in [1.54, 1.807) is 0 Å². The molecule has 0 heterocycles. The molecule has 0 saturated heterocycles. The Bertz CT molecular complexity index is 723. The van der Waals surface area contributed by atoms with Crippen LogP contribution in [-0.4, -0.2) is 56.6 Å². The normalized spacial score (nSPS) is 16.0. The van der Waals surface area contributed by atoms with Crippen molar-refractivity contribution >= 4 is 8.32 Å². The zero-order valence-corrected chi connectivity index (χ0v) is 20.8. The topological polar surface area (TPSA) is 9.23 Å². The van der Waals surface area contributed by atoms with Crippen molar-refractivity contribution in [2.45, 2.75) is 113 Å². The molecule has 0 spiro atoms. The van der Waals surface area contributed by atoms with Gasteiger partial charge in [-0.3, -0.25) is 0 Å². The van der Waals surface area contributed by atoms with Crippen molar-refractivity contribution in [1.29, 1.82) is 0 Å². The maximum absolute atomic E-state index is 13.8. The predicted octanol–water partition coefficient (Wildman–Crippen LogP) is 9.33. The first-order chi connectivity index (χ1) is 15.5. The second kappa shape index (κ2) is 10.4. The minimum Gasteiger partial charge on any atom is -0.417 e. The molecule has 218 valence electrons. The second-order valence-electron chi connectivity index (χ2n) is 9.85. The molecule has 0 aromatic heterocycles. The summed E-state index contributed by atoms with van der Waals surface area (Å²) in [6, 6.07) is 0. The van der Waals surface area contributed by atoms with Gasteiger partial charge in [-0.15, -0.1) is 0 Å². The van der Waals surface area contributed by atoms with E-state index in [-0.39, 0.29) is 30.9 Å². The smallest absolute Gasteiger partial charge is 0.417 e. The van der Waals surface area contributed by atoms with Gasteiger partial charge in [0, 0.05) is 13.0 Å². The van der Waals surface area contributed by atoms with E-state index in [9.17, 15) is 65.9 Å². The van der Waals surface area contributed by atoms with Crippen LogP contribution >= 0.6 is 0 Å². The SMILES string of the molecule is CC(C)(C)[Si](C)(C)OCCCCCCC(F)(F)C(F)(F)C(F)(F)C(F)(F)C(F)(F)C(F)(F)C(F)(F)F. The van der Waals surface area contributed by atoms with E-state index in [0.717, 1.165) is 0 Å². The molecule has 0 bridgehead atoms. The Kier molecular flexibility index (Phi) is 10.1. The molecular formula is C19H27F15OSi. The van der Waals surface area contributed by atoms with Crippen LogP contribution in [0.3, 0.4) is 0 Å². The maximum atomic E-state index is 13.8. The van der Waals surface area contributed by atoms with E-state index >= 15 is 0 Å². The van der Waals surface area contributed by atoms with Crippen molar-refractivity contribution in [3.63, 3.8) is 0 Å². The molecule has 0 saturated carbocycles. The molecule has 0 amide bonds. The molecule has 17 heteroatoms. The maximum Gasteiger partial charge on any atom is 0.460 e. The lowest BCUT2D eigenvalue weighted by Gasteiger charge is -2.41. The summed E-state index contributed by atoms with van der Waals surface area (Å²) in [6.07, 6.45) is -11.0. The number of alkyl halides is 15. The van der Waals surface area contributed by atoms with Crippen LogP contribution < -0.4 is 0 Å². The van der Waals surface area contributed by atoms with Crippen LogP contribution in [0.4, 0.5) is 65.9 Å². The zero-order valence-electron chi connectivity index (χ0n) is 19.8. The quantitative estimate of drug-likeness (QED) is 0.119. The molecule has 0 fully saturated rings. The number of rotatable bonds is 13. The molecule has 0 aliphatic carbocycles. The first kappa shape index (κ1) is 35.1. The fraction of sp³-hybridized carbons (Fsp3) is 1.00. The number of hydrogen-bond donors (Lipinski definition) is 0. The minimum absolute atomic E-state index is 0.0265. The average Bonchev–Trinajstić information content (AvgIpc) is 2.64. The third kappa shape index (κ3) is 6.22. The lowest BCUT2D eigenvalue weighted by molar-refractivity contribution is -0.452. The third-order valence-electron chi connectivity index (χ3n) is 6.05. The highest BCUT2D eigenvalue weighted by Crippen LogP contribution is 2.62. The van der Waals surface area contributed by atoms with E-state index in [4.69, 9.17) is 4.43 Å². The first-order valence-corrected chi connectivity index (χ1v) is 13.3. The molecule has 0 rings (SSSR count). The zero-order chi connectivity index (χ0) is 29.4. The van der Waals surface area contributed by atoms with Gasteiger partial charge in [0.05, 0.1) is 0 Å². The summed E-state index contributed by atoms with van der Waals surface area (Å²) < 4.78 is 203. The predicted molar refractivity (Wildman–Crippen MR) is 102 cm³/mol. The van der Waals surface area contributed by atoms with Gasteiger partial charge in [0.25, 0.3) is 0 Å². The van der Waals surface area contributed by atoms with Gasteiger partial charge in [0.2, 0.25) is 0 Å². The molecule has 0 aliphatic heterocycles. The van der Waals surface area contributed by atoms with Gasteiger partial charge < -0.3 is 4.43 Å². The highest BCUT2D eigenvalue weighted by Gasteiger charge is 2.93. The Morgan fingerprint density at radius 2 is 0.861 bits per heavy atom. The summed E-state index contributed by atoms with van der Waals surface area (Å²) in [5.74, 6) is -46.0. The Morgan fingerprint density at radius 3 is 1.25 bits per heavy atom. The molecule has 36 heavy (non-hydrogen) atoms. The van der Waals surface area contributed by atoms with E-state index in [2.05, 4.69) is 0 Å². The number of hydrogen-bond acceptors (Lipinski definition) is 1. The van der Waals surface area contributed by atoms with Crippen LogP contribution in [0.5, 0.6) is 0 Å². The highest BCUT2D eigenvalue weighted by atomic mass is 28.4. The summed E-state index contributed by atoms with van der Waals surface area (Å²) in [5.41, 5.74) is 0. The van der Waals surface area contributed by atoms with Crippen molar-refractivity contribution < 1.29 is 70.3 Å². The van der Waals surface area contributed by atoms with E-state index in [1.165, 1.54) is 0 Å². The highest BCUT2D eigenvalue weighted by molar-refractivity contribution is 6.74. The van der Waals surface area contributed by atoms with Crippen LogP contribution in [0.25, 0.3) is 0 Å². The summed E-state index contributed by atoms with van der Waals surface area (Å²) in [5, 5.41) is -0.172. The Balaban J connectivity index is 5.40. The van der Waals surface area contributed by atoms with Crippen LogP contribution in [0, 0.1) is 0 Å². The Morgan fingerprint density at radius 1 is 0.500 bits per heavy atom. The van der Waals surface area contributed by atoms with Gasteiger partial charge in [-0.1, -0.05) is 33.6 Å². The third-order valence-corrected chi connectivity index (χ3v) is 10.6. The largest absolute Gasteiger partial charge is 0.460 e. The van der Waals surface area contributed by atoms with E-state index in [1.807, 2.05) is 33.9 Å². The van der Waals surface area contributed by atoms with Crippen molar-refractivity contribution in [1.82, 2.24) is 0 Å². The summed E-state index contributed by atoms with van der Waals surface area (Å²) in [7, 11) is -2.17. The van der Waals surface area contributed by atoms with E-state index in [0.29, 0.717) is 0 Å². The van der Waals surface area contributed by atoms with Crippen LogP contribution in [0.2, 0.25) is 18.1 Å². The Labute approximate surface area is 198 Å². The fourth-order valence-electron chi connectivity index (χ4n) is 2.50. The molecule has 1 nitrogen and oxygen atoms in total. The molecule has 0 radical (unpaired) electrons. The molecule has 0 atom stereocenters. The molecule has 0 unspecified atom stereocenters.